The molecule has 2 aromatic rings. The average molecular weight is 300 g/mol. The van der Waals surface area contributed by atoms with E-state index in [-0.39, 0.29) is 11.8 Å². The monoisotopic (exact) mass is 300 g/mol. The number of methoxy groups -OCH3 is 1. The molecular weight excluding hydrogens is 280 g/mol. The smallest absolute Gasteiger partial charge is 0.227 e. The van der Waals surface area contributed by atoms with Gasteiger partial charge in [0.05, 0.1) is 19.9 Å². The maximum atomic E-state index is 12.2. The molecule has 0 saturated carbocycles. The summed E-state index contributed by atoms with van der Waals surface area (Å²) in [6.07, 6.45) is 3.82. The standard InChI is InChI=1S/C17H20N2O3/c1-13(9-11-22-14-6-4-3-5-7-14)17(20)19-15-12-18-10-8-16(15)21-2/h3-8,10,12-13H,9,11H2,1-2H3,(H,19,20). The van der Waals surface area contributed by atoms with Crippen LogP contribution in [-0.4, -0.2) is 24.6 Å². The molecule has 116 valence electrons. The van der Waals surface area contributed by atoms with E-state index in [1.807, 2.05) is 37.3 Å². The lowest BCUT2D eigenvalue weighted by molar-refractivity contribution is -0.119. The largest absolute Gasteiger partial charge is 0.494 e. The Morgan fingerprint density at radius 3 is 2.77 bits per heavy atom. The average Bonchev–Trinajstić information content (AvgIpc) is 2.56. The van der Waals surface area contributed by atoms with Gasteiger partial charge in [-0.2, -0.15) is 0 Å². The van der Waals surface area contributed by atoms with Gasteiger partial charge in [-0.1, -0.05) is 25.1 Å². The van der Waals surface area contributed by atoms with Crippen LogP contribution in [0.1, 0.15) is 13.3 Å². The Hall–Kier alpha value is -2.56. The van der Waals surface area contributed by atoms with Crippen LogP contribution in [0.25, 0.3) is 0 Å². The first-order chi connectivity index (χ1) is 10.7. The van der Waals surface area contributed by atoms with Gasteiger partial charge in [0, 0.05) is 18.2 Å². The Labute approximate surface area is 130 Å². The molecule has 22 heavy (non-hydrogen) atoms. The Balaban J connectivity index is 1.82. The second-order valence-electron chi connectivity index (χ2n) is 4.92. The van der Waals surface area contributed by atoms with Gasteiger partial charge >= 0.3 is 0 Å². The zero-order valence-electron chi connectivity index (χ0n) is 12.8. The minimum Gasteiger partial charge on any atom is -0.494 e. The SMILES string of the molecule is COc1ccncc1NC(=O)C(C)CCOc1ccccc1. The highest BCUT2D eigenvalue weighted by Gasteiger charge is 2.15. The van der Waals surface area contributed by atoms with Gasteiger partial charge in [0.25, 0.3) is 0 Å². The van der Waals surface area contributed by atoms with Crippen LogP contribution in [0.3, 0.4) is 0 Å². The number of hydrogen-bond acceptors (Lipinski definition) is 4. The molecular formula is C17H20N2O3. The van der Waals surface area contributed by atoms with E-state index < -0.39 is 0 Å². The van der Waals surface area contributed by atoms with Crippen LogP contribution in [0, 0.1) is 5.92 Å². The van der Waals surface area contributed by atoms with E-state index in [0.717, 1.165) is 5.75 Å². The molecule has 5 heteroatoms. The summed E-state index contributed by atoms with van der Waals surface area (Å²) in [6.45, 7) is 2.36. The molecule has 1 aromatic carbocycles. The first-order valence-corrected chi connectivity index (χ1v) is 7.17. The molecule has 0 aliphatic rings. The Morgan fingerprint density at radius 1 is 1.27 bits per heavy atom. The van der Waals surface area contributed by atoms with Crippen molar-refractivity contribution in [1.29, 1.82) is 0 Å². The second kappa shape index (κ2) is 8.02. The zero-order valence-corrected chi connectivity index (χ0v) is 12.8. The van der Waals surface area contributed by atoms with Crippen molar-refractivity contribution in [3.05, 3.63) is 48.8 Å². The molecule has 1 unspecified atom stereocenters. The maximum Gasteiger partial charge on any atom is 0.227 e. The number of carbonyl (C=O) groups is 1. The van der Waals surface area contributed by atoms with E-state index in [2.05, 4.69) is 10.3 Å². The zero-order chi connectivity index (χ0) is 15.8. The molecule has 0 saturated heterocycles. The Kier molecular flexibility index (Phi) is 5.77. The van der Waals surface area contributed by atoms with Crippen LogP contribution >= 0.6 is 0 Å². The lowest BCUT2D eigenvalue weighted by atomic mass is 10.1. The van der Waals surface area contributed by atoms with Crippen molar-refractivity contribution in [2.24, 2.45) is 5.92 Å². The highest BCUT2D eigenvalue weighted by atomic mass is 16.5. The number of nitrogens with one attached hydrogen (secondary N) is 1. The molecule has 1 aromatic heterocycles. The molecule has 0 bridgehead atoms. The van der Waals surface area contributed by atoms with Crippen molar-refractivity contribution in [2.45, 2.75) is 13.3 Å². The summed E-state index contributed by atoms with van der Waals surface area (Å²) < 4.78 is 10.8. The summed E-state index contributed by atoms with van der Waals surface area (Å²) in [5.41, 5.74) is 0.575. The van der Waals surface area contributed by atoms with Crippen molar-refractivity contribution in [3.8, 4) is 11.5 Å². The minimum atomic E-state index is -0.173. The number of aromatic nitrogens is 1. The number of ether oxygens (including phenoxy) is 2. The number of pyridine rings is 1. The fourth-order valence-electron chi connectivity index (χ4n) is 1.91. The second-order valence-corrected chi connectivity index (χ2v) is 4.92. The third-order valence-corrected chi connectivity index (χ3v) is 3.27. The summed E-state index contributed by atoms with van der Waals surface area (Å²) in [5, 5.41) is 2.83. The van der Waals surface area contributed by atoms with Crippen LogP contribution < -0.4 is 14.8 Å². The van der Waals surface area contributed by atoms with Gasteiger partial charge in [0.1, 0.15) is 17.2 Å². The molecule has 0 radical (unpaired) electrons. The minimum absolute atomic E-state index is 0.0806. The lowest BCUT2D eigenvalue weighted by Crippen LogP contribution is -2.22. The van der Waals surface area contributed by atoms with Crippen molar-refractivity contribution in [1.82, 2.24) is 4.98 Å². The Morgan fingerprint density at radius 2 is 2.05 bits per heavy atom. The fourth-order valence-corrected chi connectivity index (χ4v) is 1.91. The molecule has 5 nitrogen and oxygen atoms in total. The fraction of sp³-hybridized carbons (Fsp3) is 0.294. The van der Waals surface area contributed by atoms with E-state index in [1.165, 1.54) is 0 Å². The summed E-state index contributed by atoms with van der Waals surface area (Å²) >= 11 is 0. The van der Waals surface area contributed by atoms with E-state index >= 15 is 0 Å². The number of rotatable bonds is 7. The number of amides is 1. The van der Waals surface area contributed by atoms with E-state index in [1.54, 1.807) is 25.6 Å². The maximum absolute atomic E-state index is 12.2. The highest BCUT2D eigenvalue weighted by molar-refractivity contribution is 5.93. The third-order valence-electron chi connectivity index (χ3n) is 3.27. The van der Waals surface area contributed by atoms with Crippen LogP contribution in [0.4, 0.5) is 5.69 Å². The molecule has 1 heterocycles. The normalized spacial score (nSPS) is 11.5. The summed E-state index contributed by atoms with van der Waals surface area (Å²) in [4.78, 5) is 16.2. The van der Waals surface area contributed by atoms with Gasteiger partial charge in [-0.3, -0.25) is 9.78 Å². The number of carbonyl (C=O) groups excluding carboxylic acids is 1. The van der Waals surface area contributed by atoms with Gasteiger partial charge < -0.3 is 14.8 Å². The molecule has 1 amide bonds. The van der Waals surface area contributed by atoms with E-state index in [4.69, 9.17) is 9.47 Å². The van der Waals surface area contributed by atoms with Gasteiger partial charge in [-0.25, -0.2) is 0 Å². The molecule has 1 N–H and O–H groups in total. The Bertz CT molecular complexity index is 602. The highest BCUT2D eigenvalue weighted by Crippen LogP contribution is 2.22. The number of benzene rings is 1. The van der Waals surface area contributed by atoms with Gasteiger partial charge in [0.15, 0.2) is 0 Å². The summed E-state index contributed by atoms with van der Waals surface area (Å²) in [6, 6.07) is 11.3. The number of anilines is 1. The third kappa shape index (κ3) is 4.48. The number of para-hydroxylation sites is 1. The quantitative estimate of drug-likeness (QED) is 0.853. The topological polar surface area (TPSA) is 60.5 Å². The van der Waals surface area contributed by atoms with Crippen LogP contribution in [0.15, 0.2) is 48.8 Å². The molecule has 0 spiro atoms. The predicted octanol–water partition coefficient (Wildman–Crippen LogP) is 3.13. The van der Waals surface area contributed by atoms with E-state index in [9.17, 15) is 4.79 Å². The van der Waals surface area contributed by atoms with Gasteiger partial charge in [-0.05, 0) is 18.6 Å². The van der Waals surface area contributed by atoms with Crippen molar-refractivity contribution < 1.29 is 14.3 Å². The van der Waals surface area contributed by atoms with Crippen molar-refractivity contribution in [3.63, 3.8) is 0 Å². The van der Waals surface area contributed by atoms with Crippen LogP contribution in [0.5, 0.6) is 11.5 Å². The number of nitrogens with zero attached hydrogens (tertiary/aromatic N) is 1. The first kappa shape index (κ1) is 15.8. The first-order valence-electron chi connectivity index (χ1n) is 7.17. The van der Waals surface area contributed by atoms with Gasteiger partial charge in [0.2, 0.25) is 5.91 Å². The van der Waals surface area contributed by atoms with Crippen LogP contribution in [-0.2, 0) is 4.79 Å². The lowest BCUT2D eigenvalue weighted by Gasteiger charge is -2.14. The summed E-state index contributed by atoms with van der Waals surface area (Å²) in [5.74, 6) is 1.15. The summed E-state index contributed by atoms with van der Waals surface area (Å²) in [7, 11) is 1.56. The van der Waals surface area contributed by atoms with Crippen molar-refractivity contribution in [2.75, 3.05) is 19.0 Å². The molecule has 0 fully saturated rings. The number of hydrogen-bond donors (Lipinski definition) is 1. The van der Waals surface area contributed by atoms with E-state index in [0.29, 0.717) is 24.5 Å². The van der Waals surface area contributed by atoms with Crippen LogP contribution in [0.2, 0.25) is 0 Å². The van der Waals surface area contributed by atoms with Gasteiger partial charge in [-0.15, -0.1) is 0 Å². The molecule has 1 atom stereocenters. The molecule has 0 aliphatic carbocycles. The predicted molar refractivity (Wildman–Crippen MR) is 85.1 cm³/mol. The van der Waals surface area contributed by atoms with Crippen molar-refractivity contribution >= 4 is 11.6 Å². The molecule has 0 aliphatic heterocycles. The molecule has 2 rings (SSSR count).